The molecule has 1 aliphatic carbocycles. The fraction of sp³-hybridized carbons (Fsp3) is 0.900. The van der Waals surface area contributed by atoms with Crippen molar-refractivity contribution >= 4 is 31.7 Å². The molecule has 2 unspecified atom stereocenters. The quantitative estimate of drug-likeness (QED) is 0.630. The number of carbonyl (C=O) groups is 1. The first-order valence-corrected chi connectivity index (χ1v) is 8.47. The number of nitrogens with one attached hydrogen (secondary N) is 1. The van der Waals surface area contributed by atoms with Gasteiger partial charge in [0.25, 0.3) is 0 Å². The van der Waals surface area contributed by atoms with Gasteiger partial charge in [-0.15, -0.1) is 0 Å². The SMILES string of the molecule is CS(=O)(=O)CC(=O)NC1CCCCCC1Br. The number of rotatable bonds is 3. The lowest BCUT2D eigenvalue weighted by Gasteiger charge is -2.21. The van der Waals surface area contributed by atoms with Gasteiger partial charge in [-0.2, -0.15) is 0 Å². The van der Waals surface area contributed by atoms with Crippen molar-refractivity contribution in [3.05, 3.63) is 0 Å². The monoisotopic (exact) mass is 311 g/mol. The number of alkyl halides is 1. The van der Waals surface area contributed by atoms with E-state index < -0.39 is 15.6 Å². The molecule has 0 spiro atoms. The van der Waals surface area contributed by atoms with E-state index in [2.05, 4.69) is 21.2 Å². The van der Waals surface area contributed by atoms with Gasteiger partial charge in [0.2, 0.25) is 5.91 Å². The highest BCUT2D eigenvalue weighted by atomic mass is 79.9. The zero-order chi connectivity index (χ0) is 12.2. The highest BCUT2D eigenvalue weighted by molar-refractivity contribution is 9.09. The minimum atomic E-state index is -3.23. The molecule has 1 N–H and O–H groups in total. The lowest BCUT2D eigenvalue weighted by atomic mass is 10.1. The van der Waals surface area contributed by atoms with Crippen molar-refractivity contribution in [3.8, 4) is 0 Å². The van der Waals surface area contributed by atoms with Crippen LogP contribution in [0.2, 0.25) is 0 Å². The Morgan fingerprint density at radius 3 is 2.56 bits per heavy atom. The van der Waals surface area contributed by atoms with Crippen LogP contribution in [0.15, 0.2) is 0 Å². The van der Waals surface area contributed by atoms with Crippen LogP contribution in [0.4, 0.5) is 0 Å². The normalized spacial score (nSPS) is 27.1. The minimum Gasteiger partial charge on any atom is -0.351 e. The van der Waals surface area contributed by atoms with Crippen molar-refractivity contribution < 1.29 is 13.2 Å². The Hall–Kier alpha value is -0.100. The number of halogens is 1. The summed E-state index contributed by atoms with van der Waals surface area (Å²) in [5.41, 5.74) is 0. The Balaban J connectivity index is 2.48. The van der Waals surface area contributed by atoms with Gasteiger partial charge in [-0.3, -0.25) is 4.79 Å². The zero-order valence-electron chi connectivity index (χ0n) is 9.41. The third kappa shape index (κ3) is 5.30. The van der Waals surface area contributed by atoms with E-state index in [9.17, 15) is 13.2 Å². The Labute approximate surface area is 105 Å². The van der Waals surface area contributed by atoms with Gasteiger partial charge >= 0.3 is 0 Å². The fourth-order valence-electron chi connectivity index (χ4n) is 1.91. The molecule has 1 aliphatic rings. The number of carbonyl (C=O) groups excluding carboxylic acids is 1. The molecule has 0 aromatic heterocycles. The van der Waals surface area contributed by atoms with Crippen molar-refractivity contribution in [2.24, 2.45) is 0 Å². The van der Waals surface area contributed by atoms with Crippen molar-refractivity contribution in [2.45, 2.75) is 43.0 Å². The van der Waals surface area contributed by atoms with Crippen molar-refractivity contribution in [1.29, 1.82) is 0 Å². The summed E-state index contributed by atoms with van der Waals surface area (Å²) in [6.07, 6.45) is 6.46. The maximum Gasteiger partial charge on any atom is 0.235 e. The smallest absolute Gasteiger partial charge is 0.235 e. The van der Waals surface area contributed by atoms with Crippen LogP contribution >= 0.6 is 15.9 Å². The van der Waals surface area contributed by atoms with Crippen LogP contribution in [0.5, 0.6) is 0 Å². The molecule has 4 nitrogen and oxygen atoms in total. The molecule has 94 valence electrons. The molecule has 0 aromatic carbocycles. The third-order valence-electron chi connectivity index (χ3n) is 2.67. The molecular formula is C10H18BrNO3S. The first-order valence-electron chi connectivity index (χ1n) is 5.49. The van der Waals surface area contributed by atoms with Crippen LogP contribution in [0.3, 0.4) is 0 Å². The molecule has 0 bridgehead atoms. The summed E-state index contributed by atoms with van der Waals surface area (Å²) in [6.45, 7) is 0. The topological polar surface area (TPSA) is 63.2 Å². The van der Waals surface area contributed by atoms with E-state index >= 15 is 0 Å². The molecule has 0 heterocycles. The van der Waals surface area contributed by atoms with E-state index in [1.54, 1.807) is 0 Å². The average molecular weight is 312 g/mol. The molecule has 1 rings (SSSR count). The van der Waals surface area contributed by atoms with Crippen LogP contribution < -0.4 is 5.32 Å². The van der Waals surface area contributed by atoms with Crippen LogP contribution in [0.1, 0.15) is 32.1 Å². The number of hydrogen-bond acceptors (Lipinski definition) is 3. The standard InChI is InChI=1S/C10H18BrNO3S/c1-16(14,15)7-10(13)12-9-6-4-2-3-5-8(9)11/h8-9H,2-7H2,1H3,(H,12,13). The van der Waals surface area contributed by atoms with Gasteiger partial charge in [-0.1, -0.05) is 35.2 Å². The maximum absolute atomic E-state index is 11.5. The first-order chi connectivity index (χ1) is 7.38. The van der Waals surface area contributed by atoms with Gasteiger partial charge in [0.1, 0.15) is 5.75 Å². The minimum absolute atomic E-state index is 0.0664. The number of amides is 1. The van der Waals surface area contributed by atoms with Crippen LogP contribution in [-0.2, 0) is 14.6 Å². The summed E-state index contributed by atoms with van der Waals surface area (Å²) in [5, 5.41) is 2.80. The van der Waals surface area contributed by atoms with Crippen molar-refractivity contribution in [3.63, 3.8) is 0 Å². The van der Waals surface area contributed by atoms with Crippen LogP contribution in [-0.4, -0.2) is 37.2 Å². The Morgan fingerprint density at radius 2 is 1.94 bits per heavy atom. The Kier molecular flexibility index (Phi) is 5.24. The molecule has 0 radical (unpaired) electrons. The summed E-state index contributed by atoms with van der Waals surface area (Å²) < 4.78 is 21.9. The largest absolute Gasteiger partial charge is 0.351 e. The highest BCUT2D eigenvalue weighted by Gasteiger charge is 2.23. The summed E-state index contributed by atoms with van der Waals surface area (Å²) in [5.74, 6) is -0.803. The lowest BCUT2D eigenvalue weighted by molar-refractivity contribution is -0.119. The second-order valence-corrected chi connectivity index (χ2v) is 7.71. The Morgan fingerprint density at radius 1 is 1.31 bits per heavy atom. The summed E-state index contributed by atoms with van der Waals surface area (Å²) in [7, 11) is -3.23. The predicted octanol–water partition coefficient (Wildman–Crippen LogP) is 1.24. The summed E-state index contributed by atoms with van der Waals surface area (Å²) in [6, 6.07) is 0.0664. The predicted molar refractivity (Wildman–Crippen MR) is 67.4 cm³/mol. The maximum atomic E-state index is 11.5. The molecule has 6 heteroatoms. The molecular weight excluding hydrogens is 294 g/mol. The van der Waals surface area contributed by atoms with Gasteiger partial charge in [0, 0.05) is 17.1 Å². The van der Waals surface area contributed by atoms with Crippen molar-refractivity contribution in [1.82, 2.24) is 5.32 Å². The number of sulfone groups is 1. The molecule has 0 saturated heterocycles. The van der Waals surface area contributed by atoms with Gasteiger partial charge in [0.05, 0.1) is 0 Å². The molecule has 1 amide bonds. The van der Waals surface area contributed by atoms with E-state index in [4.69, 9.17) is 0 Å². The molecule has 1 saturated carbocycles. The summed E-state index contributed by atoms with van der Waals surface area (Å²) in [4.78, 5) is 11.7. The number of hydrogen-bond donors (Lipinski definition) is 1. The van der Waals surface area contributed by atoms with E-state index in [0.29, 0.717) is 0 Å². The summed E-state index contributed by atoms with van der Waals surface area (Å²) >= 11 is 3.55. The second kappa shape index (κ2) is 6.00. The van der Waals surface area contributed by atoms with E-state index in [1.165, 1.54) is 6.42 Å². The van der Waals surface area contributed by atoms with Crippen LogP contribution in [0, 0.1) is 0 Å². The second-order valence-electron chi connectivity index (χ2n) is 4.40. The lowest BCUT2D eigenvalue weighted by Crippen LogP contribution is -2.42. The Bertz CT molecular complexity index is 342. The molecule has 0 aromatic rings. The van der Waals surface area contributed by atoms with Gasteiger partial charge in [-0.25, -0.2) is 8.42 Å². The van der Waals surface area contributed by atoms with E-state index in [1.807, 2.05) is 0 Å². The van der Waals surface area contributed by atoms with Gasteiger partial charge < -0.3 is 5.32 Å². The third-order valence-corrected chi connectivity index (χ3v) is 4.55. The first kappa shape index (κ1) is 14.0. The van der Waals surface area contributed by atoms with Gasteiger partial charge in [-0.05, 0) is 12.8 Å². The molecule has 0 aliphatic heterocycles. The van der Waals surface area contributed by atoms with E-state index in [0.717, 1.165) is 31.9 Å². The van der Waals surface area contributed by atoms with Crippen molar-refractivity contribution in [2.75, 3.05) is 12.0 Å². The molecule has 1 fully saturated rings. The molecule has 2 atom stereocenters. The highest BCUT2D eigenvalue weighted by Crippen LogP contribution is 2.23. The fourth-order valence-corrected chi connectivity index (χ4v) is 3.19. The van der Waals surface area contributed by atoms with E-state index in [-0.39, 0.29) is 16.8 Å². The van der Waals surface area contributed by atoms with Crippen LogP contribution in [0.25, 0.3) is 0 Å². The zero-order valence-corrected chi connectivity index (χ0v) is 11.8. The average Bonchev–Trinajstić information content (AvgIpc) is 2.29. The molecule has 16 heavy (non-hydrogen) atoms. The van der Waals surface area contributed by atoms with Gasteiger partial charge in [0.15, 0.2) is 9.84 Å².